The second-order valence-electron chi connectivity index (χ2n) is 6.94. The number of carbonyl (C=O) groups excluding carboxylic acids is 1. The van der Waals surface area contributed by atoms with Crippen molar-refractivity contribution in [2.24, 2.45) is 0 Å². The molecule has 29 heavy (non-hydrogen) atoms. The lowest BCUT2D eigenvalue weighted by atomic mass is 10.1. The molecule has 0 bridgehead atoms. The molecule has 0 aromatic heterocycles. The third kappa shape index (κ3) is 5.79. The van der Waals surface area contributed by atoms with Gasteiger partial charge in [-0.25, -0.2) is 13.2 Å². The summed E-state index contributed by atoms with van der Waals surface area (Å²) in [5, 5.41) is 0. The molecular weight excluding hydrogens is 394 g/mol. The zero-order valence-electron chi connectivity index (χ0n) is 16.6. The summed E-state index contributed by atoms with van der Waals surface area (Å²) in [6.45, 7) is 5.10. The lowest BCUT2D eigenvalue weighted by Gasteiger charge is -2.26. The van der Waals surface area contributed by atoms with Crippen molar-refractivity contribution in [3.8, 4) is 5.75 Å². The average Bonchev–Trinajstić information content (AvgIpc) is 2.71. The first kappa shape index (κ1) is 21.3. The van der Waals surface area contributed by atoms with Gasteiger partial charge in [0, 0.05) is 13.1 Å². The summed E-state index contributed by atoms with van der Waals surface area (Å²) in [4.78, 5) is 12.2. The third-order valence-corrected chi connectivity index (χ3v) is 6.35. The highest BCUT2D eigenvalue weighted by atomic mass is 32.2. The Kier molecular flexibility index (Phi) is 6.89. The van der Waals surface area contributed by atoms with Gasteiger partial charge in [-0.3, -0.25) is 0 Å². The minimum absolute atomic E-state index is 0.0263. The van der Waals surface area contributed by atoms with Crippen LogP contribution in [0, 0.1) is 13.8 Å². The molecule has 1 heterocycles. The van der Waals surface area contributed by atoms with Crippen LogP contribution >= 0.6 is 0 Å². The van der Waals surface area contributed by atoms with Gasteiger partial charge in [0.25, 0.3) is 0 Å². The second kappa shape index (κ2) is 9.39. The quantitative estimate of drug-likeness (QED) is 0.641. The highest BCUT2D eigenvalue weighted by molar-refractivity contribution is 7.89. The number of hydrogen-bond acceptors (Lipinski definition) is 6. The van der Waals surface area contributed by atoms with Gasteiger partial charge >= 0.3 is 5.97 Å². The standard InChI is InChI=1S/C21H25NO6S/c1-16-10-17(2)12-19(11-16)27-15-21(23)28-14-18-4-3-5-20(13-18)29(24,25)22-6-8-26-9-7-22/h3-5,10-13H,6-9,14-15H2,1-2H3. The molecule has 2 aromatic carbocycles. The molecule has 0 aliphatic carbocycles. The van der Waals surface area contributed by atoms with E-state index in [0.717, 1.165) is 11.1 Å². The number of aryl methyl sites for hydroxylation is 2. The number of nitrogens with zero attached hydrogens (tertiary/aromatic N) is 1. The van der Waals surface area contributed by atoms with E-state index in [2.05, 4.69) is 0 Å². The topological polar surface area (TPSA) is 82.1 Å². The molecule has 1 aliphatic rings. The Morgan fingerprint density at radius 1 is 1.07 bits per heavy atom. The molecule has 7 nitrogen and oxygen atoms in total. The summed E-state index contributed by atoms with van der Waals surface area (Å²) in [6, 6.07) is 12.1. The summed E-state index contributed by atoms with van der Waals surface area (Å²) in [7, 11) is -3.59. The number of rotatable bonds is 7. The minimum Gasteiger partial charge on any atom is -0.482 e. The van der Waals surface area contributed by atoms with Crippen LogP contribution in [0.4, 0.5) is 0 Å². The zero-order chi connectivity index (χ0) is 20.9. The van der Waals surface area contributed by atoms with Crippen LogP contribution < -0.4 is 4.74 Å². The van der Waals surface area contributed by atoms with Crippen LogP contribution in [0.25, 0.3) is 0 Å². The van der Waals surface area contributed by atoms with Gasteiger partial charge in [-0.2, -0.15) is 4.31 Å². The highest BCUT2D eigenvalue weighted by Crippen LogP contribution is 2.19. The van der Waals surface area contributed by atoms with E-state index in [1.54, 1.807) is 18.2 Å². The monoisotopic (exact) mass is 419 g/mol. The Hall–Kier alpha value is -2.42. The summed E-state index contributed by atoms with van der Waals surface area (Å²) in [6.07, 6.45) is 0. The number of hydrogen-bond donors (Lipinski definition) is 0. The fraction of sp³-hybridized carbons (Fsp3) is 0.381. The van der Waals surface area contributed by atoms with Gasteiger partial charge in [-0.05, 0) is 54.8 Å². The van der Waals surface area contributed by atoms with Crippen molar-refractivity contribution in [2.45, 2.75) is 25.3 Å². The van der Waals surface area contributed by atoms with Gasteiger partial charge in [-0.15, -0.1) is 0 Å². The van der Waals surface area contributed by atoms with Crippen LogP contribution in [0.3, 0.4) is 0 Å². The smallest absolute Gasteiger partial charge is 0.344 e. The van der Waals surface area contributed by atoms with Gasteiger partial charge in [0.2, 0.25) is 10.0 Å². The number of ether oxygens (including phenoxy) is 3. The number of morpholine rings is 1. The Morgan fingerprint density at radius 3 is 2.45 bits per heavy atom. The molecule has 0 unspecified atom stereocenters. The van der Waals surface area contributed by atoms with E-state index in [0.29, 0.717) is 37.6 Å². The van der Waals surface area contributed by atoms with Gasteiger partial charge in [0.15, 0.2) is 6.61 Å². The van der Waals surface area contributed by atoms with Crippen molar-refractivity contribution in [2.75, 3.05) is 32.9 Å². The van der Waals surface area contributed by atoms with E-state index >= 15 is 0 Å². The number of esters is 1. The molecule has 0 spiro atoms. The van der Waals surface area contributed by atoms with Crippen molar-refractivity contribution in [1.29, 1.82) is 0 Å². The minimum atomic E-state index is -3.59. The van der Waals surface area contributed by atoms with E-state index in [-0.39, 0.29) is 18.1 Å². The summed E-state index contributed by atoms with van der Waals surface area (Å²) < 4.78 is 42.8. The fourth-order valence-corrected chi connectivity index (χ4v) is 4.57. The van der Waals surface area contributed by atoms with Gasteiger partial charge in [0.05, 0.1) is 18.1 Å². The molecule has 0 amide bonds. The third-order valence-electron chi connectivity index (χ3n) is 4.46. The zero-order valence-corrected chi connectivity index (χ0v) is 17.4. The van der Waals surface area contributed by atoms with Gasteiger partial charge in [0.1, 0.15) is 12.4 Å². The number of sulfonamides is 1. The van der Waals surface area contributed by atoms with Crippen molar-refractivity contribution in [3.63, 3.8) is 0 Å². The molecule has 0 atom stereocenters. The molecule has 0 N–H and O–H groups in total. The largest absolute Gasteiger partial charge is 0.482 e. The van der Waals surface area contributed by atoms with Crippen LogP contribution in [0.1, 0.15) is 16.7 Å². The first-order valence-electron chi connectivity index (χ1n) is 9.38. The van der Waals surface area contributed by atoms with Crippen LogP contribution in [-0.4, -0.2) is 51.6 Å². The van der Waals surface area contributed by atoms with Crippen molar-refractivity contribution < 1.29 is 27.4 Å². The van der Waals surface area contributed by atoms with Crippen LogP contribution in [0.2, 0.25) is 0 Å². The maximum absolute atomic E-state index is 12.7. The van der Waals surface area contributed by atoms with Crippen molar-refractivity contribution in [3.05, 3.63) is 59.2 Å². The maximum Gasteiger partial charge on any atom is 0.344 e. The van der Waals surface area contributed by atoms with Crippen LogP contribution in [0.15, 0.2) is 47.4 Å². The Morgan fingerprint density at radius 2 is 1.76 bits per heavy atom. The lowest BCUT2D eigenvalue weighted by Crippen LogP contribution is -2.40. The molecule has 156 valence electrons. The lowest BCUT2D eigenvalue weighted by molar-refractivity contribution is -0.147. The second-order valence-corrected chi connectivity index (χ2v) is 8.87. The van der Waals surface area contributed by atoms with Gasteiger partial charge in [-0.1, -0.05) is 18.2 Å². The highest BCUT2D eigenvalue weighted by Gasteiger charge is 2.26. The normalized spacial score (nSPS) is 15.1. The van der Waals surface area contributed by atoms with Gasteiger partial charge < -0.3 is 14.2 Å². The molecule has 1 aliphatic heterocycles. The Bertz CT molecular complexity index is 947. The summed E-state index contributed by atoms with van der Waals surface area (Å²) in [5.74, 6) is 0.0867. The molecule has 1 fully saturated rings. The SMILES string of the molecule is Cc1cc(C)cc(OCC(=O)OCc2cccc(S(=O)(=O)N3CCOCC3)c2)c1. The van der Waals surface area contributed by atoms with Crippen molar-refractivity contribution in [1.82, 2.24) is 4.31 Å². The molecule has 0 radical (unpaired) electrons. The Labute approximate surface area is 171 Å². The Balaban J connectivity index is 1.56. The van der Waals surface area contributed by atoms with E-state index in [1.165, 1.54) is 10.4 Å². The molecular formula is C21H25NO6S. The van der Waals surface area contributed by atoms with E-state index in [4.69, 9.17) is 14.2 Å². The summed E-state index contributed by atoms with van der Waals surface area (Å²) in [5.41, 5.74) is 2.69. The predicted octanol–water partition coefficient (Wildman–Crippen LogP) is 2.45. The van der Waals surface area contributed by atoms with Crippen LogP contribution in [-0.2, 0) is 30.9 Å². The maximum atomic E-state index is 12.7. The average molecular weight is 419 g/mol. The molecule has 0 saturated carbocycles. The van der Waals surface area contributed by atoms with Crippen LogP contribution in [0.5, 0.6) is 5.75 Å². The number of carbonyl (C=O) groups is 1. The van der Waals surface area contributed by atoms with E-state index < -0.39 is 16.0 Å². The molecule has 3 rings (SSSR count). The molecule has 1 saturated heterocycles. The first-order valence-corrected chi connectivity index (χ1v) is 10.8. The molecule has 2 aromatic rings. The van der Waals surface area contributed by atoms with E-state index in [9.17, 15) is 13.2 Å². The molecule has 8 heteroatoms. The fourth-order valence-electron chi connectivity index (χ4n) is 3.10. The predicted molar refractivity (Wildman–Crippen MR) is 107 cm³/mol. The van der Waals surface area contributed by atoms with Crippen molar-refractivity contribution >= 4 is 16.0 Å². The first-order chi connectivity index (χ1) is 13.8. The van der Waals surface area contributed by atoms with E-state index in [1.807, 2.05) is 32.0 Å². The number of benzene rings is 2. The summed E-state index contributed by atoms with van der Waals surface area (Å²) >= 11 is 0.